The van der Waals surface area contributed by atoms with Gasteiger partial charge >= 0.3 is 0 Å². The van der Waals surface area contributed by atoms with Crippen LogP contribution < -0.4 is 10.9 Å². The Labute approximate surface area is 143 Å². The Morgan fingerprint density at radius 2 is 2.09 bits per heavy atom. The third-order valence-electron chi connectivity index (χ3n) is 3.88. The van der Waals surface area contributed by atoms with Crippen LogP contribution in [0.2, 0.25) is 10.0 Å². The smallest absolute Gasteiger partial charge is 0.257 e. The van der Waals surface area contributed by atoms with Gasteiger partial charge in [-0.15, -0.1) is 0 Å². The van der Waals surface area contributed by atoms with Crippen LogP contribution in [-0.2, 0) is 24.2 Å². The van der Waals surface area contributed by atoms with Crippen molar-refractivity contribution in [2.45, 2.75) is 32.7 Å². The lowest BCUT2D eigenvalue weighted by molar-refractivity contribution is -0.116. The molecule has 0 bridgehead atoms. The quantitative estimate of drug-likeness (QED) is 0.924. The van der Waals surface area contributed by atoms with Crippen molar-refractivity contribution in [1.29, 1.82) is 0 Å². The minimum Gasteiger partial charge on any atom is -0.324 e. The summed E-state index contributed by atoms with van der Waals surface area (Å²) < 4.78 is 1.41. The molecule has 0 unspecified atom stereocenters. The highest BCUT2D eigenvalue weighted by Crippen LogP contribution is 2.25. The molecule has 0 fully saturated rings. The molecule has 5 nitrogen and oxygen atoms in total. The first-order chi connectivity index (χ1) is 11.0. The number of nitrogens with one attached hydrogen (secondary N) is 1. The highest BCUT2D eigenvalue weighted by atomic mass is 35.5. The van der Waals surface area contributed by atoms with Crippen LogP contribution in [0.25, 0.3) is 0 Å². The fraction of sp³-hybridized carbons (Fsp3) is 0.312. The normalized spacial score (nSPS) is 13.0. The highest BCUT2D eigenvalue weighted by Gasteiger charge is 2.20. The number of halogens is 2. The molecule has 0 saturated carbocycles. The molecule has 23 heavy (non-hydrogen) atoms. The molecule has 0 aliphatic heterocycles. The maximum atomic E-state index is 12.5. The van der Waals surface area contributed by atoms with Gasteiger partial charge in [-0.25, -0.2) is 4.98 Å². The van der Waals surface area contributed by atoms with Crippen molar-refractivity contribution in [3.63, 3.8) is 0 Å². The zero-order valence-electron chi connectivity index (χ0n) is 12.5. The van der Waals surface area contributed by atoms with Crippen LogP contribution in [0.3, 0.4) is 0 Å². The van der Waals surface area contributed by atoms with Crippen LogP contribution in [0, 0.1) is 6.92 Å². The van der Waals surface area contributed by atoms with Crippen LogP contribution in [0.4, 0.5) is 5.69 Å². The number of nitrogens with zero attached hydrogens (tertiary/aromatic N) is 2. The lowest BCUT2D eigenvalue weighted by atomic mass is 10.2. The summed E-state index contributed by atoms with van der Waals surface area (Å²) >= 11 is 11.8. The van der Waals surface area contributed by atoms with Gasteiger partial charge < -0.3 is 5.32 Å². The van der Waals surface area contributed by atoms with Crippen molar-refractivity contribution in [3.05, 3.63) is 55.7 Å². The first-order valence-corrected chi connectivity index (χ1v) is 8.05. The summed E-state index contributed by atoms with van der Waals surface area (Å²) in [7, 11) is 0. The van der Waals surface area contributed by atoms with Gasteiger partial charge in [0.1, 0.15) is 12.4 Å². The molecule has 0 atom stereocenters. The van der Waals surface area contributed by atoms with Crippen molar-refractivity contribution < 1.29 is 4.79 Å². The lowest BCUT2D eigenvalue weighted by Crippen LogP contribution is -2.32. The number of anilines is 1. The van der Waals surface area contributed by atoms with Gasteiger partial charge in [0.25, 0.3) is 5.56 Å². The summed E-state index contributed by atoms with van der Waals surface area (Å²) in [5.41, 5.74) is 2.02. The van der Waals surface area contributed by atoms with Crippen LogP contribution in [0.1, 0.15) is 23.5 Å². The minimum absolute atomic E-state index is 0.0782. The number of rotatable bonds is 3. The maximum absolute atomic E-state index is 12.5. The molecule has 1 heterocycles. The van der Waals surface area contributed by atoms with Crippen molar-refractivity contribution in [2.24, 2.45) is 0 Å². The van der Waals surface area contributed by atoms with Crippen LogP contribution >= 0.6 is 23.2 Å². The number of amides is 1. The Kier molecular flexibility index (Phi) is 4.41. The summed E-state index contributed by atoms with van der Waals surface area (Å²) in [5.74, 6) is 0.244. The third kappa shape index (κ3) is 3.26. The number of carbonyl (C=O) groups excluding carboxylic acids is 1. The van der Waals surface area contributed by atoms with Gasteiger partial charge in [-0.2, -0.15) is 0 Å². The molecule has 3 rings (SSSR count). The SMILES string of the molecule is Cc1nc2c(c(=O)n1CC(=O)Nc1ccc(Cl)c(Cl)c1)CCC2. The summed E-state index contributed by atoms with van der Waals surface area (Å²) in [5, 5.41) is 3.49. The number of hydrogen-bond acceptors (Lipinski definition) is 3. The van der Waals surface area contributed by atoms with Crippen molar-refractivity contribution in [3.8, 4) is 0 Å². The van der Waals surface area contributed by atoms with Gasteiger partial charge in [0, 0.05) is 11.3 Å². The van der Waals surface area contributed by atoms with E-state index in [4.69, 9.17) is 23.2 Å². The van der Waals surface area contributed by atoms with Crippen LogP contribution in [-0.4, -0.2) is 15.5 Å². The van der Waals surface area contributed by atoms with E-state index < -0.39 is 0 Å². The van der Waals surface area contributed by atoms with Crippen molar-refractivity contribution in [2.75, 3.05) is 5.32 Å². The van der Waals surface area contributed by atoms with Gasteiger partial charge in [0.2, 0.25) is 5.91 Å². The molecule has 1 aromatic carbocycles. The number of hydrogen-bond donors (Lipinski definition) is 1. The number of aromatic nitrogens is 2. The van der Waals surface area contributed by atoms with E-state index in [9.17, 15) is 9.59 Å². The van der Waals surface area contributed by atoms with E-state index in [0.29, 0.717) is 21.6 Å². The summed E-state index contributed by atoms with van der Waals surface area (Å²) in [6.07, 6.45) is 2.51. The molecular weight excluding hydrogens is 337 g/mol. The van der Waals surface area contributed by atoms with E-state index in [1.807, 2.05) is 0 Å². The Balaban J connectivity index is 1.81. The standard InChI is InChI=1S/C16H15Cl2N3O2/c1-9-19-14-4-2-3-11(14)16(23)21(9)8-15(22)20-10-5-6-12(17)13(18)7-10/h5-7H,2-4,8H2,1H3,(H,20,22). The lowest BCUT2D eigenvalue weighted by Gasteiger charge is -2.12. The fourth-order valence-electron chi connectivity index (χ4n) is 2.75. The van der Waals surface area contributed by atoms with E-state index in [1.54, 1.807) is 25.1 Å². The van der Waals surface area contributed by atoms with Gasteiger partial charge in [0.15, 0.2) is 0 Å². The zero-order valence-corrected chi connectivity index (χ0v) is 14.0. The minimum atomic E-state index is -0.312. The number of aryl methyl sites for hydroxylation is 2. The van der Waals surface area contributed by atoms with E-state index in [2.05, 4.69) is 10.3 Å². The molecule has 120 valence electrons. The number of carbonyl (C=O) groups is 1. The number of fused-ring (bicyclic) bond motifs is 1. The second kappa shape index (κ2) is 6.34. The molecule has 1 aromatic heterocycles. The van der Waals surface area contributed by atoms with Gasteiger partial charge in [-0.3, -0.25) is 14.2 Å². The summed E-state index contributed by atoms with van der Waals surface area (Å²) in [6, 6.07) is 4.83. The Morgan fingerprint density at radius 3 is 2.83 bits per heavy atom. The van der Waals surface area contributed by atoms with Crippen LogP contribution in [0.15, 0.2) is 23.0 Å². The van der Waals surface area contributed by atoms with Crippen molar-refractivity contribution in [1.82, 2.24) is 9.55 Å². The molecule has 0 spiro atoms. The summed E-state index contributed by atoms with van der Waals surface area (Å²) in [4.78, 5) is 29.1. The average Bonchev–Trinajstić information content (AvgIpc) is 2.95. The molecule has 0 saturated heterocycles. The molecule has 7 heteroatoms. The molecular formula is C16H15Cl2N3O2. The second-order valence-electron chi connectivity index (χ2n) is 5.51. The maximum Gasteiger partial charge on any atom is 0.257 e. The predicted molar refractivity (Wildman–Crippen MR) is 90.4 cm³/mol. The van der Waals surface area contributed by atoms with E-state index in [1.165, 1.54) is 4.57 Å². The van der Waals surface area contributed by atoms with E-state index >= 15 is 0 Å². The van der Waals surface area contributed by atoms with Gasteiger partial charge in [-0.05, 0) is 44.4 Å². The van der Waals surface area contributed by atoms with Crippen LogP contribution in [0.5, 0.6) is 0 Å². The molecule has 1 N–H and O–H groups in total. The molecule has 2 aromatic rings. The van der Waals surface area contributed by atoms with Gasteiger partial charge in [0.05, 0.1) is 15.7 Å². The Hall–Kier alpha value is -1.85. The van der Waals surface area contributed by atoms with E-state index in [-0.39, 0.29) is 18.0 Å². The Bertz CT molecular complexity index is 846. The molecule has 1 amide bonds. The molecule has 0 radical (unpaired) electrons. The monoisotopic (exact) mass is 351 g/mol. The fourth-order valence-corrected chi connectivity index (χ4v) is 3.05. The van der Waals surface area contributed by atoms with E-state index in [0.717, 1.165) is 30.5 Å². The molecule has 1 aliphatic rings. The predicted octanol–water partition coefficient (Wildman–Crippen LogP) is 2.99. The average molecular weight is 352 g/mol. The largest absolute Gasteiger partial charge is 0.324 e. The zero-order chi connectivity index (χ0) is 16.6. The first-order valence-electron chi connectivity index (χ1n) is 7.30. The summed E-state index contributed by atoms with van der Waals surface area (Å²) in [6.45, 7) is 1.66. The topological polar surface area (TPSA) is 64.0 Å². The Morgan fingerprint density at radius 1 is 1.30 bits per heavy atom. The van der Waals surface area contributed by atoms with Gasteiger partial charge in [-0.1, -0.05) is 23.2 Å². The second-order valence-corrected chi connectivity index (χ2v) is 6.32. The highest BCUT2D eigenvalue weighted by molar-refractivity contribution is 6.42. The number of benzene rings is 1. The molecule has 1 aliphatic carbocycles. The first kappa shape index (κ1) is 16.0. The third-order valence-corrected chi connectivity index (χ3v) is 4.62. The van der Waals surface area contributed by atoms with Crippen molar-refractivity contribution >= 4 is 34.8 Å².